The van der Waals surface area contributed by atoms with E-state index >= 15 is 0 Å². The topological polar surface area (TPSA) is 47.6 Å². The van der Waals surface area contributed by atoms with Crippen LogP contribution in [0.3, 0.4) is 0 Å². The van der Waals surface area contributed by atoms with Crippen molar-refractivity contribution in [3.63, 3.8) is 0 Å². The second-order valence-electron chi connectivity index (χ2n) is 6.46. The lowest BCUT2D eigenvalue weighted by molar-refractivity contribution is -0.123. The Morgan fingerprint density at radius 2 is 1.59 bits per heavy atom. The molecule has 4 nitrogen and oxygen atoms in total. The van der Waals surface area contributed by atoms with Crippen molar-refractivity contribution in [1.82, 2.24) is 5.32 Å². The van der Waals surface area contributed by atoms with E-state index in [0.29, 0.717) is 5.75 Å². The lowest BCUT2D eigenvalue weighted by Gasteiger charge is -2.20. The van der Waals surface area contributed by atoms with Crippen LogP contribution in [0.15, 0.2) is 78.9 Å². The summed E-state index contributed by atoms with van der Waals surface area (Å²) in [4.78, 5) is 12.5. The summed E-state index contributed by atoms with van der Waals surface area (Å²) in [6.07, 6.45) is 0. The Balaban J connectivity index is 1.73. The summed E-state index contributed by atoms with van der Waals surface area (Å²) >= 11 is 0. The zero-order chi connectivity index (χ0) is 20.6. The fourth-order valence-corrected chi connectivity index (χ4v) is 2.90. The molecular weight excluding hydrogens is 376 g/mol. The van der Waals surface area contributed by atoms with E-state index in [1.165, 1.54) is 12.1 Å². The van der Waals surface area contributed by atoms with Crippen LogP contribution in [0, 0.1) is 6.92 Å². The summed E-state index contributed by atoms with van der Waals surface area (Å²) in [7, 11) is 0. The third-order valence-electron chi connectivity index (χ3n) is 4.24. The van der Waals surface area contributed by atoms with Crippen LogP contribution >= 0.6 is 0 Å². The van der Waals surface area contributed by atoms with Gasteiger partial charge in [0.1, 0.15) is 11.5 Å². The van der Waals surface area contributed by atoms with Crippen LogP contribution in [0.25, 0.3) is 0 Å². The molecule has 0 spiro atoms. The van der Waals surface area contributed by atoms with Gasteiger partial charge in [-0.2, -0.15) is 8.78 Å². The first-order valence-corrected chi connectivity index (χ1v) is 9.10. The van der Waals surface area contributed by atoms with Gasteiger partial charge in [-0.1, -0.05) is 54.6 Å². The Morgan fingerprint density at radius 3 is 2.24 bits per heavy atom. The van der Waals surface area contributed by atoms with Crippen LogP contribution in [-0.4, -0.2) is 19.1 Å². The van der Waals surface area contributed by atoms with Gasteiger partial charge in [-0.3, -0.25) is 4.79 Å². The fourth-order valence-electron chi connectivity index (χ4n) is 2.90. The Morgan fingerprint density at radius 1 is 0.897 bits per heavy atom. The lowest BCUT2D eigenvalue weighted by Crippen LogP contribution is -2.33. The van der Waals surface area contributed by atoms with Gasteiger partial charge in [0.2, 0.25) is 0 Å². The van der Waals surface area contributed by atoms with Gasteiger partial charge in [-0.15, -0.1) is 0 Å². The highest BCUT2D eigenvalue weighted by molar-refractivity contribution is 5.78. The van der Waals surface area contributed by atoms with Gasteiger partial charge in [-0.25, -0.2) is 0 Å². The normalized spacial score (nSPS) is 11.7. The zero-order valence-electron chi connectivity index (χ0n) is 15.8. The number of hydrogen-bond donors (Lipinski definition) is 1. The number of ether oxygens (including phenoxy) is 2. The van der Waals surface area contributed by atoms with Crippen molar-refractivity contribution in [2.45, 2.75) is 19.6 Å². The largest absolute Gasteiger partial charge is 0.484 e. The van der Waals surface area contributed by atoms with Crippen LogP contribution in [0.4, 0.5) is 8.78 Å². The maximum atomic E-state index is 12.5. The number of alkyl halides is 2. The summed E-state index contributed by atoms with van der Waals surface area (Å²) in [5, 5.41) is 2.94. The minimum Gasteiger partial charge on any atom is -0.484 e. The third kappa shape index (κ3) is 6.04. The van der Waals surface area contributed by atoms with Crippen molar-refractivity contribution in [3.05, 3.63) is 95.6 Å². The SMILES string of the molecule is Cc1cccc(OCC(=O)N[C@H](c2ccccc2)c2ccc(OC(F)F)cc2)c1. The molecule has 6 heteroatoms. The van der Waals surface area contributed by atoms with E-state index in [4.69, 9.17) is 4.74 Å². The standard InChI is InChI=1S/C23H21F2NO3/c1-16-6-5-9-20(14-16)28-15-21(27)26-22(17-7-3-2-4-8-17)18-10-12-19(13-11-18)29-23(24)25/h2-14,22-23H,15H2,1H3,(H,26,27)/t22-/m1/s1. The highest BCUT2D eigenvalue weighted by atomic mass is 19.3. The van der Waals surface area contributed by atoms with Crippen molar-refractivity contribution < 1.29 is 23.0 Å². The zero-order valence-corrected chi connectivity index (χ0v) is 15.8. The molecule has 29 heavy (non-hydrogen) atoms. The molecule has 3 aromatic rings. The lowest BCUT2D eigenvalue weighted by atomic mass is 9.98. The van der Waals surface area contributed by atoms with Crippen molar-refractivity contribution >= 4 is 5.91 Å². The fraction of sp³-hybridized carbons (Fsp3) is 0.174. The first-order chi connectivity index (χ1) is 14.0. The molecule has 0 saturated carbocycles. The monoisotopic (exact) mass is 397 g/mol. The summed E-state index contributed by atoms with van der Waals surface area (Å²) in [6, 6.07) is 22.6. The molecule has 0 bridgehead atoms. The Hall–Kier alpha value is -3.41. The summed E-state index contributed by atoms with van der Waals surface area (Å²) < 4.78 is 34.7. The molecular formula is C23H21F2NO3. The van der Waals surface area contributed by atoms with E-state index in [0.717, 1.165) is 16.7 Å². The second-order valence-corrected chi connectivity index (χ2v) is 6.46. The van der Waals surface area contributed by atoms with Gasteiger partial charge >= 0.3 is 6.61 Å². The molecule has 0 aliphatic carbocycles. The minimum absolute atomic E-state index is 0.0599. The molecule has 0 aliphatic rings. The molecule has 1 atom stereocenters. The number of halogens is 2. The maximum absolute atomic E-state index is 12.5. The first kappa shape index (κ1) is 20.3. The number of amides is 1. The number of carbonyl (C=O) groups is 1. The van der Waals surface area contributed by atoms with E-state index in [9.17, 15) is 13.6 Å². The molecule has 0 radical (unpaired) electrons. The maximum Gasteiger partial charge on any atom is 0.387 e. The smallest absolute Gasteiger partial charge is 0.387 e. The van der Waals surface area contributed by atoms with E-state index < -0.39 is 12.7 Å². The molecule has 3 rings (SSSR count). The molecule has 1 N–H and O–H groups in total. The van der Waals surface area contributed by atoms with Gasteiger partial charge in [0.15, 0.2) is 6.61 Å². The molecule has 1 amide bonds. The summed E-state index contributed by atoms with van der Waals surface area (Å²) in [5.74, 6) is 0.378. The Kier molecular flexibility index (Phi) is 6.79. The van der Waals surface area contributed by atoms with E-state index in [2.05, 4.69) is 10.1 Å². The second kappa shape index (κ2) is 9.68. The van der Waals surface area contributed by atoms with Crippen LogP contribution in [-0.2, 0) is 4.79 Å². The molecule has 3 aromatic carbocycles. The number of aryl methyl sites for hydroxylation is 1. The number of hydrogen-bond acceptors (Lipinski definition) is 3. The van der Waals surface area contributed by atoms with Crippen molar-refractivity contribution in [3.8, 4) is 11.5 Å². The highest BCUT2D eigenvalue weighted by Crippen LogP contribution is 2.25. The van der Waals surface area contributed by atoms with Crippen LogP contribution in [0.1, 0.15) is 22.7 Å². The molecule has 150 valence electrons. The third-order valence-corrected chi connectivity index (χ3v) is 4.24. The minimum atomic E-state index is -2.88. The number of nitrogens with one attached hydrogen (secondary N) is 1. The van der Waals surface area contributed by atoms with E-state index in [1.54, 1.807) is 18.2 Å². The molecule has 0 heterocycles. The predicted octanol–water partition coefficient (Wildman–Crippen LogP) is 4.88. The van der Waals surface area contributed by atoms with Gasteiger partial charge in [0.05, 0.1) is 6.04 Å². The van der Waals surface area contributed by atoms with Gasteiger partial charge in [-0.05, 0) is 47.9 Å². The molecule has 0 aromatic heterocycles. The van der Waals surface area contributed by atoms with Crippen LogP contribution < -0.4 is 14.8 Å². The van der Waals surface area contributed by atoms with E-state index in [1.807, 2.05) is 55.5 Å². The van der Waals surface area contributed by atoms with E-state index in [-0.39, 0.29) is 18.3 Å². The Bertz CT molecular complexity index is 930. The average Bonchev–Trinajstić information content (AvgIpc) is 2.71. The number of rotatable bonds is 8. The molecule has 0 fully saturated rings. The number of benzene rings is 3. The van der Waals surface area contributed by atoms with Crippen LogP contribution in [0.2, 0.25) is 0 Å². The average molecular weight is 397 g/mol. The van der Waals surface area contributed by atoms with Gasteiger partial charge in [0.25, 0.3) is 5.91 Å². The Labute approximate surface area is 168 Å². The molecule has 0 unspecified atom stereocenters. The summed E-state index contributed by atoms with van der Waals surface area (Å²) in [6.45, 7) is -1.08. The predicted molar refractivity (Wildman–Crippen MR) is 106 cm³/mol. The van der Waals surface area contributed by atoms with Crippen molar-refractivity contribution in [2.75, 3.05) is 6.61 Å². The summed E-state index contributed by atoms with van der Waals surface area (Å²) in [5.41, 5.74) is 2.64. The van der Waals surface area contributed by atoms with Crippen molar-refractivity contribution in [2.24, 2.45) is 0 Å². The highest BCUT2D eigenvalue weighted by Gasteiger charge is 2.17. The quantitative estimate of drug-likeness (QED) is 0.589. The molecule has 0 saturated heterocycles. The number of carbonyl (C=O) groups excluding carboxylic acids is 1. The van der Waals surface area contributed by atoms with Crippen LogP contribution in [0.5, 0.6) is 11.5 Å². The molecule has 0 aliphatic heterocycles. The van der Waals surface area contributed by atoms with Gasteiger partial charge in [0, 0.05) is 0 Å². The first-order valence-electron chi connectivity index (χ1n) is 9.10. The van der Waals surface area contributed by atoms with Crippen molar-refractivity contribution in [1.29, 1.82) is 0 Å². The van der Waals surface area contributed by atoms with Gasteiger partial charge < -0.3 is 14.8 Å².